The van der Waals surface area contributed by atoms with Crippen molar-refractivity contribution < 1.29 is 9.85 Å². The zero-order valence-corrected chi connectivity index (χ0v) is 13.9. The Kier molecular flexibility index (Phi) is 6.40. The van der Waals surface area contributed by atoms with Crippen LogP contribution in [0, 0.1) is 20.2 Å². The Morgan fingerprint density at radius 1 is 0.846 bits per heavy atom. The number of hydrogen-bond acceptors (Lipinski definition) is 7. The summed E-state index contributed by atoms with van der Waals surface area (Å²) >= 11 is 4.94. The minimum atomic E-state index is -0.519. The average molecular weight is 372 g/mol. The average Bonchev–Trinajstić information content (AvgIpc) is 2.62. The second-order valence-corrected chi connectivity index (χ2v) is 5.11. The number of hydrogen-bond donors (Lipinski definition) is 2. The topological polar surface area (TPSA) is 135 Å². The lowest BCUT2D eigenvalue weighted by atomic mass is 10.2. The first kappa shape index (κ1) is 18.6. The van der Waals surface area contributed by atoms with E-state index in [0.29, 0.717) is 11.1 Å². The molecule has 0 aromatic heterocycles. The van der Waals surface area contributed by atoms with Crippen LogP contribution in [-0.2, 0) is 0 Å². The summed E-state index contributed by atoms with van der Waals surface area (Å²) in [6, 6.07) is 12.2. The Morgan fingerprint density at radius 2 is 1.23 bits per heavy atom. The number of thiocarbonyl (C=S) groups is 1. The Hall–Kier alpha value is -3.73. The molecule has 0 saturated heterocycles. The minimum Gasteiger partial charge on any atom is -0.258 e. The number of nitrogens with zero attached hydrogens (tertiary/aromatic N) is 4. The molecular formula is C15H12N6O4S. The van der Waals surface area contributed by atoms with Crippen LogP contribution in [0.2, 0.25) is 0 Å². The Morgan fingerprint density at radius 3 is 1.62 bits per heavy atom. The Balaban J connectivity index is 1.94. The van der Waals surface area contributed by atoms with Crippen molar-refractivity contribution in [2.75, 3.05) is 0 Å². The molecule has 0 amide bonds. The molecule has 132 valence electrons. The van der Waals surface area contributed by atoms with Crippen molar-refractivity contribution in [2.45, 2.75) is 0 Å². The molecule has 2 N–H and O–H groups in total. The first-order valence-electron chi connectivity index (χ1n) is 7.08. The lowest BCUT2D eigenvalue weighted by molar-refractivity contribution is -0.385. The van der Waals surface area contributed by atoms with Crippen LogP contribution in [0.5, 0.6) is 0 Å². The van der Waals surface area contributed by atoms with Gasteiger partial charge in [-0.25, -0.2) is 0 Å². The van der Waals surface area contributed by atoms with Gasteiger partial charge in [-0.15, -0.1) is 0 Å². The maximum Gasteiger partial charge on any atom is 0.278 e. The lowest BCUT2D eigenvalue weighted by Gasteiger charge is -2.01. The van der Waals surface area contributed by atoms with Crippen LogP contribution in [0.3, 0.4) is 0 Å². The van der Waals surface area contributed by atoms with Crippen LogP contribution in [0.4, 0.5) is 11.4 Å². The first-order valence-corrected chi connectivity index (χ1v) is 7.49. The summed E-state index contributed by atoms with van der Waals surface area (Å²) in [4.78, 5) is 20.7. The van der Waals surface area contributed by atoms with Gasteiger partial charge in [0.05, 0.1) is 33.4 Å². The fourth-order valence-corrected chi connectivity index (χ4v) is 1.98. The molecule has 2 rings (SSSR count). The highest BCUT2D eigenvalue weighted by molar-refractivity contribution is 7.80. The molecule has 0 unspecified atom stereocenters. The molecule has 0 fully saturated rings. The highest BCUT2D eigenvalue weighted by atomic mass is 32.1. The van der Waals surface area contributed by atoms with Gasteiger partial charge in [0.15, 0.2) is 0 Å². The van der Waals surface area contributed by atoms with Gasteiger partial charge in [0.25, 0.3) is 11.4 Å². The van der Waals surface area contributed by atoms with Gasteiger partial charge in [-0.2, -0.15) is 10.2 Å². The van der Waals surface area contributed by atoms with E-state index in [1.54, 1.807) is 24.3 Å². The van der Waals surface area contributed by atoms with Gasteiger partial charge in [-0.05, 0) is 24.4 Å². The number of rotatable bonds is 6. The van der Waals surface area contributed by atoms with Gasteiger partial charge in [0.1, 0.15) is 0 Å². The van der Waals surface area contributed by atoms with Crippen LogP contribution in [0.1, 0.15) is 11.1 Å². The quantitative estimate of drug-likeness (QED) is 0.344. The van der Waals surface area contributed by atoms with Gasteiger partial charge >= 0.3 is 0 Å². The zero-order chi connectivity index (χ0) is 18.9. The van der Waals surface area contributed by atoms with E-state index in [2.05, 4.69) is 21.1 Å². The summed E-state index contributed by atoms with van der Waals surface area (Å²) < 4.78 is 0. The lowest BCUT2D eigenvalue weighted by Crippen LogP contribution is -2.28. The van der Waals surface area contributed by atoms with Crippen molar-refractivity contribution in [3.8, 4) is 0 Å². The molecule has 0 spiro atoms. The van der Waals surface area contributed by atoms with Gasteiger partial charge in [0, 0.05) is 12.1 Å². The van der Waals surface area contributed by atoms with Gasteiger partial charge in [0.2, 0.25) is 5.11 Å². The van der Waals surface area contributed by atoms with Gasteiger partial charge in [-0.3, -0.25) is 31.1 Å². The third-order valence-electron chi connectivity index (χ3n) is 3.01. The molecule has 0 aliphatic rings. The van der Waals surface area contributed by atoms with Crippen molar-refractivity contribution >= 4 is 41.1 Å². The van der Waals surface area contributed by atoms with Gasteiger partial charge < -0.3 is 0 Å². The number of benzene rings is 2. The minimum absolute atomic E-state index is 0.00895. The summed E-state index contributed by atoms with van der Waals surface area (Å²) in [7, 11) is 0. The molecule has 10 nitrogen and oxygen atoms in total. The smallest absolute Gasteiger partial charge is 0.258 e. The standard InChI is InChI=1S/C15H12N6O4S/c22-20(23)13-7-3-1-5-11(13)9-16-18-15(26)19-17-10-12-6-2-4-8-14(12)21(24)25/h1-10H,(H2,18,19,26)/b16-9-,17-10+. The Labute approximate surface area is 152 Å². The second-order valence-electron chi connectivity index (χ2n) is 4.70. The number of nitro groups is 2. The molecule has 0 saturated carbocycles. The molecule has 2 aromatic rings. The number of nitro benzene ring substituents is 2. The van der Waals surface area contributed by atoms with Crippen LogP contribution in [0.15, 0.2) is 58.7 Å². The maximum absolute atomic E-state index is 10.9. The third kappa shape index (κ3) is 5.14. The van der Waals surface area contributed by atoms with Crippen molar-refractivity contribution in [3.63, 3.8) is 0 Å². The first-order chi connectivity index (χ1) is 12.5. The van der Waals surface area contributed by atoms with E-state index in [9.17, 15) is 20.2 Å². The zero-order valence-electron chi connectivity index (χ0n) is 13.1. The molecule has 0 radical (unpaired) electrons. The van der Waals surface area contributed by atoms with E-state index in [4.69, 9.17) is 12.2 Å². The molecule has 11 heteroatoms. The molecule has 2 aromatic carbocycles. The largest absolute Gasteiger partial charge is 0.278 e. The fraction of sp³-hybridized carbons (Fsp3) is 0. The maximum atomic E-state index is 10.9. The molecule has 26 heavy (non-hydrogen) atoms. The molecule has 0 bridgehead atoms. The summed E-state index contributed by atoms with van der Waals surface area (Å²) in [5.74, 6) is 0. The van der Waals surface area contributed by atoms with Crippen LogP contribution in [0.25, 0.3) is 0 Å². The van der Waals surface area contributed by atoms with Gasteiger partial charge in [-0.1, -0.05) is 24.3 Å². The van der Waals surface area contributed by atoms with Crippen LogP contribution in [-0.4, -0.2) is 27.4 Å². The van der Waals surface area contributed by atoms with E-state index in [1.165, 1.54) is 36.7 Å². The molecular weight excluding hydrogens is 360 g/mol. The molecule has 0 atom stereocenters. The van der Waals surface area contributed by atoms with Crippen LogP contribution >= 0.6 is 12.2 Å². The summed E-state index contributed by atoms with van der Waals surface area (Å²) in [6.07, 6.45) is 2.50. The number of nitrogens with one attached hydrogen (secondary N) is 2. The van der Waals surface area contributed by atoms with Crippen molar-refractivity contribution in [1.82, 2.24) is 10.9 Å². The highest BCUT2D eigenvalue weighted by Gasteiger charge is 2.10. The van der Waals surface area contributed by atoms with Crippen LogP contribution < -0.4 is 10.9 Å². The van der Waals surface area contributed by atoms with E-state index < -0.39 is 9.85 Å². The van der Waals surface area contributed by atoms with E-state index in [1.807, 2.05) is 0 Å². The van der Waals surface area contributed by atoms with Crippen molar-refractivity contribution in [1.29, 1.82) is 0 Å². The van der Waals surface area contributed by atoms with E-state index in [0.717, 1.165) is 0 Å². The fourth-order valence-electron chi connectivity index (χ4n) is 1.87. The van der Waals surface area contributed by atoms with Crippen molar-refractivity contribution in [3.05, 3.63) is 79.9 Å². The summed E-state index contributed by atoms with van der Waals surface area (Å²) in [5.41, 5.74) is 5.30. The monoisotopic (exact) mass is 372 g/mol. The third-order valence-corrected chi connectivity index (χ3v) is 3.19. The summed E-state index contributed by atoms with van der Waals surface area (Å²) in [5, 5.41) is 29.4. The van der Waals surface area contributed by atoms with Crippen molar-refractivity contribution in [2.24, 2.45) is 10.2 Å². The SMILES string of the molecule is O=[N+]([O-])c1ccccc1/C=N\NC(=S)N/N=C/c1ccccc1[N+](=O)[O-]. The normalized spacial score (nSPS) is 10.8. The Bertz CT molecular complexity index is 828. The number of para-hydroxylation sites is 2. The second kappa shape index (κ2) is 8.94. The number of hydrazone groups is 2. The molecule has 0 aliphatic heterocycles. The highest BCUT2D eigenvalue weighted by Crippen LogP contribution is 2.15. The molecule has 0 heterocycles. The van der Waals surface area contributed by atoms with E-state index in [-0.39, 0.29) is 16.5 Å². The summed E-state index contributed by atoms with van der Waals surface area (Å²) in [6.45, 7) is 0. The van der Waals surface area contributed by atoms with E-state index >= 15 is 0 Å². The predicted molar refractivity (Wildman–Crippen MR) is 100 cm³/mol. The molecule has 0 aliphatic carbocycles. The predicted octanol–water partition coefficient (Wildman–Crippen LogP) is 2.34.